The molecule has 0 unspecified atom stereocenters. The van der Waals surface area contributed by atoms with Crippen molar-refractivity contribution in [1.82, 2.24) is 10.3 Å². The zero-order valence-corrected chi connectivity index (χ0v) is 18.9. The number of rotatable bonds is 6. The fourth-order valence-electron chi connectivity index (χ4n) is 3.92. The molecule has 1 amide bonds. The fourth-order valence-corrected chi connectivity index (χ4v) is 3.92. The molecule has 0 radical (unpaired) electrons. The first-order valence-corrected chi connectivity index (χ1v) is 11.1. The number of carbonyl (C=O) groups excluding carboxylic acids is 1. The van der Waals surface area contributed by atoms with Crippen LogP contribution in [0.2, 0.25) is 0 Å². The lowest BCUT2D eigenvalue weighted by Gasteiger charge is -2.24. The largest absolute Gasteiger partial charge is 0.446 e. The molecule has 4 nitrogen and oxygen atoms in total. The lowest BCUT2D eigenvalue weighted by atomic mass is 9.98. The number of benzene rings is 3. The molecular formula is C28H30N2O2. The van der Waals surface area contributed by atoms with Crippen LogP contribution in [0.1, 0.15) is 31.9 Å². The Kier molecular flexibility index (Phi) is 6.31. The smallest absolute Gasteiger partial charge is 0.407 e. The van der Waals surface area contributed by atoms with Crippen molar-refractivity contribution in [2.75, 3.05) is 0 Å². The first-order chi connectivity index (χ1) is 15.4. The molecule has 0 saturated heterocycles. The van der Waals surface area contributed by atoms with Crippen LogP contribution in [0.3, 0.4) is 0 Å². The normalized spacial score (nSPS) is 12.5. The minimum Gasteiger partial charge on any atom is -0.446 e. The van der Waals surface area contributed by atoms with E-state index in [0.29, 0.717) is 12.8 Å². The van der Waals surface area contributed by atoms with E-state index in [1.54, 1.807) is 0 Å². The predicted octanol–water partition coefficient (Wildman–Crippen LogP) is 6.51. The second-order valence-corrected chi connectivity index (χ2v) is 9.24. The van der Waals surface area contributed by atoms with E-state index < -0.39 is 0 Å². The van der Waals surface area contributed by atoms with Crippen LogP contribution < -0.4 is 5.32 Å². The second-order valence-electron chi connectivity index (χ2n) is 9.24. The minimum atomic E-state index is -0.386. The van der Waals surface area contributed by atoms with E-state index in [4.69, 9.17) is 4.74 Å². The minimum absolute atomic E-state index is 0.279. The van der Waals surface area contributed by atoms with E-state index in [-0.39, 0.29) is 17.7 Å². The highest BCUT2D eigenvalue weighted by atomic mass is 16.6. The van der Waals surface area contributed by atoms with E-state index >= 15 is 0 Å². The topological polar surface area (TPSA) is 54.1 Å². The number of H-pyrrole nitrogens is 1. The Balaban J connectivity index is 1.61. The first kappa shape index (κ1) is 21.7. The van der Waals surface area contributed by atoms with Gasteiger partial charge in [0.05, 0.1) is 0 Å². The van der Waals surface area contributed by atoms with Crippen LogP contribution in [0.25, 0.3) is 22.0 Å². The zero-order chi connectivity index (χ0) is 22.6. The Morgan fingerprint density at radius 3 is 2.28 bits per heavy atom. The molecule has 3 aromatic carbocycles. The van der Waals surface area contributed by atoms with Crippen molar-refractivity contribution in [3.63, 3.8) is 0 Å². The summed E-state index contributed by atoms with van der Waals surface area (Å²) in [4.78, 5) is 15.9. The number of aromatic amines is 1. The van der Waals surface area contributed by atoms with Gasteiger partial charge in [-0.25, -0.2) is 4.79 Å². The van der Waals surface area contributed by atoms with Gasteiger partial charge in [0, 0.05) is 35.5 Å². The van der Waals surface area contributed by atoms with Gasteiger partial charge in [-0.3, -0.25) is 0 Å². The maximum absolute atomic E-state index is 12.5. The van der Waals surface area contributed by atoms with Crippen molar-refractivity contribution in [1.29, 1.82) is 0 Å². The Bertz CT molecular complexity index is 1170. The average molecular weight is 427 g/mol. The number of aromatic nitrogens is 1. The van der Waals surface area contributed by atoms with Crippen molar-refractivity contribution in [2.45, 2.75) is 45.3 Å². The second kappa shape index (κ2) is 9.31. The van der Waals surface area contributed by atoms with Gasteiger partial charge in [-0.15, -0.1) is 0 Å². The molecule has 0 aliphatic rings. The van der Waals surface area contributed by atoms with Crippen LogP contribution in [0, 0.1) is 0 Å². The number of nitrogens with one attached hydrogen (secondary N) is 2. The Morgan fingerprint density at radius 2 is 1.59 bits per heavy atom. The van der Waals surface area contributed by atoms with Crippen LogP contribution >= 0.6 is 0 Å². The van der Waals surface area contributed by atoms with Gasteiger partial charge in [0.2, 0.25) is 0 Å². The maximum atomic E-state index is 12.5. The molecule has 1 heterocycles. The third-order valence-electron chi connectivity index (χ3n) is 5.38. The van der Waals surface area contributed by atoms with E-state index in [2.05, 4.69) is 64.9 Å². The Hall–Kier alpha value is -3.53. The Labute approximate surface area is 189 Å². The summed E-state index contributed by atoms with van der Waals surface area (Å²) in [5.74, 6) is 0. The number of fused-ring (bicyclic) bond motifs is 1. The lowest BCUT2D eigenvalue weighted by molar-refractivity contribution is 0.0913. The van der Waals surface area contributed by atoms with Crippen LogP contribution in [0.15, 0.2) is 85.1 Å². The van der Waals surface area contributed by atoms with Crippen LogP contribution in [-0.2, 0) is 17.6 Å². The number of hydrogen-bond acceptors (Lipinski definition) is 2. The average Bonchev–Trinajstić information content (AvgIpc) is 3.15. The molecule has 0 aliphatic heterocycles. The van der Waals surface area contributed by atoms with Crippen molar-refractivity contribution < 1.29 is 9.53 Å². The van der Waals surface area contributed by atoms with Gasteiger partial charge in [0.25, 0.3) is 0 Å². The summed E-state index contributed by atoms with van der Waals surface area (Å²) in [5, 5.41) is 4.07. The van der Waals surface area contributed by atoms with Crippen LogP contribution in [0.4, 0.5) is 4.79 Å². The number of alkyl carbamates (subject to hydrolysis) is 1. The standard InChI is InChI=1S/C28H30N2O2/c1-28(2,3)30-27(31)32-24(16-20-10-6-4-7-11-20)17-23-19-29-26-15-14-22(18-25(23)26)21-12-8-5-9-13-21/h4-15,18-19,24,29H,16-17H2,1-3H3,(H,30,31)/t24-/m1/s1. The van der Waals surface area contributed by atoms with Gasteiger partial charge in [0.1, 0.15) is 6.10 Å². The van der Waals surface area contributed by atoms with Gasteiger partial charge in [-0.2, -0.15) is 0 Å². The summed E-state index contributed by atoms with van der Waals surface area (Å²) in [6.45, 7) is 5.85. The molecule has 0 aliphatic carbocycles. The molecule has 4 heteroatoms. The summed E-state index contributed by atoms with van der Waals surface area (Å²) in [7, 11) is 0. The number of hydrogen-bond donors (Lipinski definition) is 2. The summed E-state index contributed by atoms with van der Waals surface area (Å²) < 4.78 is 5.90. The third-order valence-corrected chi connectivity index (χ3v) is 5.38. The molecule has 0 saturated carbocycles. The van der Waals surface area contributed by atoms with E-state index in [9.17, 15) is 4.79 Å². The number of amides is 1. The van der Waals surface area contributed by atoms with Crippen molar-refractivity contribution in [3.05, 3.63) is 96.2 Å². The summed E-state index contributed by atoms with van der Waals surface area (Å²) in [6.07, 6.45) is 2.65. The van der Waals surface area contributed by atoms with Crippen molar-refractivity contribution in [3.8, 4) is 11.1 Å². The molecule has 0 fully saturated rings. The third kappa shape index (κ3) is 5.58. The lowest BCUT2D eigenvalue weighted by Crippen LogP contribution is -2.42. The molecule has 0 spiro atoms. The molecule has 2 N–H and O–H groups in total. The predicted molar refractivity (Wildman–Crippen MR) is 131 cm³/mol. The molecular weight excluding hydrogens is 396 g/mol. The Morgan fingerprint density at radius 1 is 0.906 bits per heavy atom. The fraction of sp³-hybridized carbons (Fsp3) is 0.250. The molecule has 32 heavy (non-hydrogen) atoms. The summed E-state index contributed by atoms with van der Waals surface area (Å²) in [6, 6.07) is 27.0. The number of ether oxygens (including phenoxy) is 1. The van der Waals surface area contributed by atoms with Gasteiger partial charge in [-0.05, 0) is 55.2 Å². The molecule has 1 aromatic heterocycles. The quantitative estimate of drug-likeness (QED) is 0.369. The van der Waals surface area contributed by atoms with Crippen molar-refractivity contribution in [2.24, 2.45) is 0 Å². The van der Waals surface area contributed by atoms with Gasteiger partial charge < -0.3 is 15.0 Å². The van der Waals surface area contributed by atoms with Crippen LogP contribution in [-0.4, -0.2) is 22.7 Å². The first-order valence-electron chi connectivity index (χ1n) is 11.1. The zero-order valence-electron chi connectivity index (χ0n) is 18.9. The number of carbonyl (C=O) groups is 1. The molecule has 4 aromatic rings. The van der Waals surface area contributed by atoms with E-state index in [1.165, 1.54) is 11.1 Å². The van der Waals surface area contributed by atoms with Crippen molar-refractivity contribution >= 4 is 17.0 Å². The van der Waals surface area contributed by atoms with Gasteiger partial charge in [0.15, 0.2) is 0 Å². The van der Waals surface area contributed by atoms with Gasteiger partial charge >= 0.3 is 6.09 Å². The monoisotopic (exact) mass is 426 g/mol. The van der Waals surface area contributed by atoms with E-state index in [0.717, 1.165) is 22.0 Å². The molecule has 4 rings (SSSR count). The van der Waals surface area contributed by atoms with Crippen LogP contribution in [0.5, 0.6) is 0 Å². The SMILES string of the molecule is CC(C)(C)NC(=O)O[C@H](Cc1ccccc1)Cc1c[nH]c2ccc(-c3ccccc3)cc12. The molecule has 164 valence electrons. The highest BCUT2D eigenvalue weighted by molar-refractivity contribution is 5.88. The summed E-state index contributed by atoms with van der Waals surface area (Å²) >= 11 is 0. The maximum Gasteiger partial charge on any atom is 0.407 e. The highest BCUT2D eigenvalue weighted by Crippen LogP contribution is 2.28. The summed E-state index contributed by atoms with van der Waals surface area (Å²) in [5.41, 5.74) is 5.37. The van der Waals surface area contributed by atoms with Gasteiger partial charge in [-0.1, -0.05) is 66.7 Å². The van der Waals surface area contributed by atoms with E-state index in [1.807, 2.05) is 51.2 Å². The molecule has 0 bridgehead atoms. The molecule has 1 atom stereocenters. The highest BCUT2D eigenvalue weighted by Gasteiger charge is 2.21.